The minimum absolute atomic E-state index is 0.916. The lowest BCUT2D eigenvalue weighted by molar-refractivity contribution is 0.670. The molecule has 4 heterocycles. The summed E-state index contributed by atoms with van der Waals surface area (Å²) in [6.07, 6.45) is 0. The summed E-state index contributed by atoms with van der Waals surface area (Å²) in [5, 5.41) is 9.91. The Balaban J connectivity index is 0.925. The molecule has 58 heavy (non-hydrogen) atoms. The van der Waals surface area contributed by atoms with E-state index in [1.54, 1.807) is 0 Å². The molecule has 9 aromatic carbocycles. The van der Waals surface area contributed by atoms with Gasteiger partial charge < -0.3 is 13.6 Å². The molecular formula is C54H32N2OS. The van der Waals surface area contributed by atoms with E-state index in [1.807, 2.05) is 23.5 Å². The van der Waals surface area contributed by atoms with Crippen molar-refractivity contribution in [1.29, 1.82) is 0 Å². The summed E-state index contributed by atoms with van der Waals surface area (Å²) in [7, 11) is 0. The Morgan fingerprint density at radius 2 is 0.862 bits per heavy atom. The summed E-state index contributed by atoms with van der Waals surface area (Å²) in [6.45, 7) is 0. The van der Waals surface area contributed by atoms with Crippen LogP contribution in [-0.4, -0.2) is 9.13 Å². The van der Waals surface area contributed by atoms with E-state index in [1.165, 1.54) is 80.6 Å². The molecule has 270 valence electrons. The Labute approximate surface area is 336 Å². The maximum absolute atomic E-state index is 6.39. The van der Waals surface area contributed by atoms with Crippen molar-refractivity contribution in [2.45, 2.75) is 0 Å². The first-order chi connectivity index (χ1) is 28.7. The van der Waals surface area contributed by atoms with Crippen molar-refractivity contribution in [3.63, 3.8) is 0 Å². The second-order valence-electron chi connectivity index (χ2n) is 15.3. The molecule has 0 saturated carbocycles. The zero-order valence-corrected chi connectivity index (χ0v) is 32.0. The lowest BCUT2D eigenvalue weighted by Gasteiger charge is -2.10. The van der Waals surface area contributed by atoms with Crippen molar-refractivity contribution in [2.24, 2.45) is 0 Å². The molecule has 0 aliphatic carbocycles. The van der Waals surface area contributed by atoms with Crippen LogP contribution in [0.3, 0.4) is 0 Å². The lowest BCUT2D eigenvalue weighted by atomic mass is 10.0. The highest BCUT2D eigenvalue weighted by molar-refractivity contribution is 7.25. The van der Waals surface area contributed by atoms with Crippen LogP contribution in [0.2, 0.25) is 0 Å². The fourth-order valence-corrected chi connectivity index (χ4v) is 10.6. The highest BCUT2D eigenvalue weighted by atomic mass is 32.1. The smallest absolute Gasteiger partial charge is 0.143 e. The van der Waals surface area contributed by atoms with Gasteiger partial charge in [-0.1, -0.05) is 115 Å². The molecule has 0 bridgehead atoms. The number of nitrogens with zero attached hydrogens (tertiary/aromatic N) is 2. The van der Waals surface area contributed by atoms with Crippen LogP contribution in [0.25, 0.3) is 119 Å². The minimum atomic E-state index is 0.916. The third kappa shape index (κ3) is 4.55. The average molecular weight is 757 g/mol. The van der Waals surface area contributed by atoms with Crippen LogP contribution in [0.4, 0.5) is 0 Å². The molecule has 3 nitrogen and oxygen atoms in total. The zero-order chi connectivity index (χ0) is 37.9. The highest BCUT2D eigenvalue weighted by Gasteiger charge is 2.18. The average Bonchev–Trinajstić information content (AvgIpc) is 4.03. The molecule has 0 atom stereocenters. The second-order valence-corrected chi connectivity index (χ2v) is 16.4. The van der Waals surface area contributed by atoms with Gasteiger partial charge in [0.25, 0.3) is 0 Å². The molecule has 0 N–H and O–H groups in total. The summed E-state index contributed by atoms with van der Waals surface area (Å²) in [5.41, 5.74) is 13.6. The Bertz CT molecular complexity index is 3800. The molecule has 0 saturated heterocycles. The molecule has 0 fully saturated rings. The van der Waals surface area contributed by atoms with Gasteiger partial charge in [0.05, 0.1) is 22.1 Å². The van der Waals surface area contributed by atoms with Gasteiger partial charge in [-0.25, -0.2) is 0 Å². The van der Waals surface area contributed by atoms with Gasteiger partial charge >= 0.3 is 0 Å². The summed E-state index contributed by atoms with van der Waals surface area (Å²) >= 11 is 1.86. The van der Waals surface area contributed by atoms with Crippen molar-refractivity contribution in [3.05, 3.63) is 194 Å². The summed E-state index contributed by atoms with van der Waals surface area (Å²) < 4.78 is 13.9. The van der Waals surface area contributed by atoms with Crippen LogP contribution in [0, 0.1) is 0 Å². The van der Waals surface area contributed by atoms with Crippen LogP contribution < -0.4 is 0 Å². The van der Waals surface area contributed by atoms with Gasteiger partial charge in [-0.05, 0) is 95.6 Å². The maximum atomic E-state index is 6.39. The first-order valence-corrected chi connectivity index (χ1v) is 20.6. The molecule has 13 rings (SSSR count). The standard InChI is InChI=1S/C54H32N2OS/c1-5-16-47-39(10-1)44-30-34(22-27-49(44)55(47)36-24-20-33(21-25-36)38-14-9-15-43-41-12-3-7-18-51(41)57-54(38)43)35-23-28-50-45(31-35)40-11-2-6-17-48(40)56(50)37-26-29-53-46(32-37)42-13-4-8-19-52(42)58-53/h1-32H. The number of hydrogen-bond acceptors (Lipinski definition) is 2. The Hall–Kier alpha value is -7.40. The number of fused-ring (bicyclic) bond motifs is 12. The molecule has 0 aliphatic heterocycles. The summed E-state index contributed by atoms with van der Waals surface area (Å²) in [6, 6.07) is 70.8. The normalized spacial score (nSPS) is 12.1. The Morgan fingerprint density at radius 3 is 1.59 bits per heavy atom. The second kappa shape index (κ2) is 12.1. The molecule has 0 aliphatic rings. The molecule has 0 unspecified atom stereocenters. The molecule has 0 radical (unpaired) electrons. The van der Waals surface area contributed by atoms with Crippen LogP contribution in [-0.2, 0) is 0 Å². The van der Waals surface area contributed by atoms with E-state index in [9.17, 15) is 0 Å². The molecule has 4 aromatic heterocycles. The van der Waals surface area contributed by atoms with Crippen LogP contribution in [0.5, 0.6) is 0 Å². The first kappa shape index (κ1) is 31.8. The van der Waals surface area contributed by atoms with Crippen molar-refractivity contribution in [1.82, 2.24) is 9.13 Å². The quantitative estimate of drug-likeness (QED) is 0.175. The predicted molar refractivity (Wildman–Crippen MR) is 246 cm³/mol. The van der Waals surface area contributed by atoms with Crippen molar-refractivity contribution < 1.29 is 4.42 Å². The SMILES string of the molecule is c1ccc2c(c1)oc1c(-c3ccc(-n4c5ccccc5c5cc(-c6ccc7c(c6)c6ccccc6n7-c6ccc7sc8ccccc8c7c6)ccc54)cc3)cccc12. The van der Waals surface area contributed by atoms with Crippen molar-refractivity contribution in [2.75, 3.05) is 0 Å². The van der Waals surface area contributed by atoms with Gasteiger partial charge in [0, 0.05) is 69.4 Å². The van der Waals surface area contributed by atoms with Crippen LogP contribution >= 0.6 is 11.3 Å². The topological polar surface area (TPSA) is 23.0 Å². The Morgan fingerprint density at radius 1 is 0.328 bits per heavy atom. The monoisotopic (exact) mass is 756 g/mol. The predicted octanol–water partition coefficient (Wildman–Crippen LogP) is 15.5. The minimum Gasteiger partial charge on any atom is -0.455 e. The van der Waals surface area contributed by atoms with Gasteiger partial charge in [0.1, 0.15) is 11.2 Å². The number of benzene rings is 9. The number of para-hydroxylation sites is 4. The third-order valence-corrected chi connectivity index (χ3v) is 13.3. The number of aromatic nitrogens is 2. The van der Waals surface area contributed by atoms with E-state index in [2.05, 4.69) is 191 Å². The molecule has 0 amide bonds. The van der Waals surface area contributed by atoms with Gasteiger partial charge in [-0.3, -0.25) is 0 Å². The number of hydrogen-bond donors (Lipinski definition) is 0. The summed E-state index contributed by atoms with van der Waals surface area (Å²) in [4.78, 5) is 0. The lowest BCUT2D eigenvalue weighted by Crippen LogP contribution is -1.94. The zero-order valence-electron chi connectivity index (χ0n) is 31.2. The van der Waals surface area contributed by atoms with E-state index in [0.29, 0.717) is 0 Å². The summed E-state index contributed by atoms with van der Waals surface area (Å²) in [5.74, 6) is 0. The number of rotatable bonds is 4. The molecule has 0 spiro atoms. The van der Waals surface area contributed by atoms with E-state index >= 15 is 0 Å². The molecular weight excluding hydrogens is 725 g/mol. The largest absolute Gasteiger partial charge is 0.455 e. The van der Waals surface area contributed by atoms with Crippen LogP contribution in [0.1, 0.15) is 0 Å². The van der Waals surface area contributed by atoms with E-state index in [-0.39, 0.29) is 0 Å². The number of furan rings is 1. The fourth-order valence-electron chi connectivity index (χ4n) is 9.48. The van der Waals surface area contributed by atoms with E-state index in [0.717, 1.165) is 38.8 Å². The maximum Gasteiger partial charge on any atom is 0.143 e. The van der Waals surface area contributed by atoms with Crippen molar-refractivity contribution >= 4 is 97.1 Å². The first-order valence-electron chi connectivity index (χ1n) is 19.7. The van der Waals surface area contributed by atoms with E-state index < -0.39 is 0 Å². The van der Waals surface area contributed by atoms with Gasteiger partial charge in [-0.15, -0.1) is 11.3 Å². The van der Waals surface area contributed by atoms with Crippen LogP contribution in [0.15, 0.2) is 199 Å². The van der Waals surface area contributed by atoms with E-state index in [4.69, 9.17) is 4.42 Å². The number of thiophene rings is 1. The van der Waals surface area contributed by atoms with Crippen molar-refractivity contribution in [3.8, 4) is 33.6 Å². The van der Waals surface area contributed by atoms with Gasteiger partial charge in [-0.2, -0.15) is 0 Å². The molecule has 13 aromatic rings. The van der Waals surface area contributed by atoms with Gasteiger partial charge in [0.15, 0.2) is 0 Å². The highest BCUT2D eigenvalue weighted by Crippen LogP contribution is 2.41. The third-order valence-electron chi connectivity index (χ3n) is 12.1. The van der Waals surface area contributed by atoms with Gasteiger partial charge in [0.2, 0.25) is 0 Å². The molecule has 4 heteroatoms. The Kier molecular flexibility index (Phi) is 6.60. The fraction of sp³-hybridized carbons (Fsp3) is 0.